The lowest BCUT2D eigenvalue weighted by Crippen LogP contribution is -2.38. The summed E-state index contributed by atoms with van der Waals surface area (Å²) in [7, 11) is 1.59. The van der Waals surface area contributed by atoms with E-state index >= 15 is 0 Å². The van der Waals surface area contributed by atoms with Crippen molar-refractivity contribution < 1.29 is 14.0 Å². The molecule has 2 aromatic carbocycles. The molecule has 1 saturated heterocycles. The highest BCUT2D eigenvalue weighted by molar-refractivity contribution is 5.99. The summed E-state index contributed by atoms with van der Waals surface area (Å²) >= 11 is 0. The second-order valence-corrected chi connectivity index (χ2v) is 7.27. The normalized spacial score (nSPS) is 14.8. The number of nitrogens with zero attached hydrogens (tertiary/aromatic N) is 2. The molecule has 0 bridgehead atoms. The van der Waals surface area contributed by atoms with Gasteiger partial charge in [-0.25, -0.2) is 0 Å². The molecule has 2 heterocycles. The third kappa shape index (κ3) is 3.81. The van der Waals surface area contributed by atoms with Gasteiger partial charge in [-0.3, -0.25) is 9.59 Å². The van der Waals surface area contributed by atoms with Crippen LogP contribution < -0.4 is 15.5 Å². The van der Waals surface area contributed by atoms with E-state index in [-0.39, 0.29) is 17.7 Å². The molecule has 1 aliphatic rings. The van der Waals surface area contributed by atoms with Crippen molar-refractivity contribution in [1.29, 1.82) is 0 Å². The Balaban J connectivity index is 1.40. The van der Waals surface area contributed by atoms with Crippen LogP contribution in [0, 0.1) is 12.8 Å². The second kappa shape index (κ2) is 7.95. The Morgan fingerprint density at radius 3 is 2.59 bits per heavy atom. The van der Waals surface area contributed by atoms with Crippen molar-refractivity contribution in [1.82, 2.24) is 10.3 Å². The molecule has 0 spiro atoms. The molecule has 150 valence electrons. The molecule has 0 saturated carbocycles. The average molecular weight is 392 g/mol. The van der Waals surface area contributed by atoms with Crippen molar-refractivity contribution in [2.45, 2.75) is 19.8 Å². The SMILES string of the molecule is CNC(=O)c1cccc(NC(=O)C2CCN(c3nc4ccccc4o3)CC2)c1C. The first-order chi connectivity index (χ1) is 14.1. The molecule has 7 heteroatoms. The Morgan fingerprint density at radius 1 is 1.10 bits per heavy atom. The lowest BCUT2D eigenvalue weighted by atomic mass is 9.95. The van der Waals surface area contributed by atoms with Crippen LogP contribution in [-0.4, -0.2) is 36.9 Å². The molecule has 0 aliphatic carbocycles. The van der Waals surface area contributed by atoms with Gasteiger partial charge in [0.05, 0.1) is 0 Å². The molecule has 1 aromatic heterocycles. The molecule has 4 rings (SSSR count). The Labute approximate surface area is 169 Å². The van der Waals surface area contributed by atoms with E-state index in [1.54, 1.807) is 19.2 Å². The van der Waals surface area contributed by atoms with Crippen LogP contribution >= 0.6 is 0 Å². The Hall–Kier alpha value is -3.35. The minimum absolute atomic E-state index is 0.0145. The van der Waals surface area contributed by atoms with Crippen molar-refractivity contribution in [2.75, 3.05) is 30.4 Å². The zero-order valence-corrected chi connectivity index (χ0v) is 16.6. The number of oxazole rings is 1. The second-order valence-electron chi connectivity index (χ2n) is 7.27. The van der Waals surface area contributed by atoms with E-state index in [4.69, 9.17) is 4.42 Å². The Morgan fingerprint density at radius 2 is 1.86 bits per heavy atom. The fraction of sp³-hybridized carbons (Fsp3) is 0.318. The summed E-state index contributed by atoms with van der Waals surface area (Å²) in [5.74, 6) is -0.261. The van der Waals surface area contributed by atoms with Gasteiger partial charge in [0.25, 0.3) is 11.9 Å². The predicted molar refractivity (Wildman–Crippen MR) is 112 cm³/mol. The molecule has 2 N–H and O–H groups in total. The van der Waals surface area contributed by atoms with Gasteiger partial charge in [0, 0.05) is 37.3 Å². The summed E-state index contributed by atoms with van der Waals surface area (Å²) in [4.78, 5) is 31.4. The standard InChI is InChI=1S/C22H24N4O3/c1-14-16(21(28)23-2)6-5-8-17(14)24-20(27)15-10-12-26(13-11-15)22-25-18-7-3-4-9-19(18)29-22/h3-9,15H,10-13H2,1-2H3,(H,23,28)(H,24,27). The Kier molecular flexibility index (Phi) is 5.20. The molecule has 0 unspecified atom stereocenters. The minimum atomic E-state index is -0.162. The zero-order chi connectivity index (χ0) is 20.4. The molecule has 29 heavy (non-hydrogen) atoms. The summed E-state index contributed by atoms with van der Waals surface area (Å²) in [6.07, 6.45) is 1.44. The van der Waals surface area contributed by atoms with Crippen molar-refractivity contribution in [3.05, 3.63) is 53.6 Å². The maximum Gasteiger partial charge on any atom is 0.298 e. The monoisotopic (exact) mass is 392 g/mol. The number of hydrogen-bond acceptors (Lipinski definition) is 5. The van der Waals surface area contributed by atoms with Crippen molar-refractivity contribution in [2.24, 2.45) is 5.92 Å². The third-order valence-corrected chi connectivity index (χ3v) is 5.48. The first-order valence-electron chi connectivity index (χ1n) is 9.80. The van der Waals surface area contributed by atoms with Gasteiger partial charge in [-0.15, -0.1) is 0 Å². The van der Waals surface area contributed by atoms with Crippen LogP contribution in [-0.2, 0) is 4.79 Å². The van der Waals surface area contributed by atoms with Crippen LogP contribution in [0.2, 0.25) is 0 Å². The smallest absolute Gasteiger partial charge is 0.298 e. The van der Waals surface area contributed by atoms with E-state index in [2.05, 4.69) is 20.5 Å². The van der Waals surface area contributed by atoms with Gasteiger partial charge in [-0.05, 0) is 49.6 Å². The minimum Gasteiger partial charge on any atom is -0.423 e. The highest BCUT2D eigenvalue weighted by atomic mass is 16.4. The van der Waals surface area contributed by atoms with Gasteiger partial charge in [0.1, 0.15) is 5.52 Å². The number of anilines is 2. The number of piperidine rings is 1. The van der Waals surface area contributed by atoms with Crippen LogP contribution in [0.4, 0.5) is 11.7 Å². The number of hydrogen-bond donors (Lipinski definition) is 2. The van der Waals surface area contributed by atoms with Gasteiger partial charge in [-0.1, -0.05) is 18.2 Å². The fourth-order valence-electron chi connectivity index (χ4n) is 3.71. The highest BCUT2D eigenvalue weighted by Crippen LogP contribution is 2.27. The number of amides is 2. The van der Waals surface area contributed by atoms with Gasteiger partial charge in [0.15, 0.2) is 5.58 Å². The number of nitrogens with one attached hydrogen (secondary N) is 2. The molecule has 0 atom stereocenters. The number of rotatable bonds is 4. The first-order valence-corrected chi connectivity index (χ1v) is 9.80. The van der Waals surface area contributed by atoms with E-state index in [9.17, 15) is 9.59 Å². The lowest BCUT2D eigenvalue weighted by molar-refractivity contribution is -0.120. The topological polar surface area (TPSA) is 87.5 Å². The van der Waals surface area contributed by atoms with Crippen LogP contribution in [0.5, 0.6) is 0 Å². The number of fused-ring (bicyclic) bond motifs is 1. The summed E-state index contributed by atoms with van der Waals surface area (Å²) in [5.41, 5.74) is 3.63. The molecular weight excluding hydrogens is 368 g/mol. The van der Waals surface area contributed by atoms with Crippen LogP contribution in [0.25, 0.3) is 11.1 Å². The maximum absolute atomic E-state index is 12.8. The number of carbonyl (C=O) groups is 2. The van der Waals surface area contributed by atoms with E-state index in [1.165, 1.54) is 0 Å². The van der Waals surface area contributed by atoms with E-state index in [0.717, 1.165) is 29.5 Å². The summed E-state index contributed by atoms with van der Waals surface area (Å²) in [5, 5.41) is 5.62. The lowest BCUT2D eigenvalue weighted by Gasteiger charge is -2.30. The number of para-hydroxylation sites is 2. The van der Waals surface area contributed by atoms with E-state index in [0.29, 0.717) is 30.4 Å². The summed E-state index contributed by atoms with van der Waals surface area (Å²) in [6, 6.07) is 13.7. The van der Waals surface area contributed by atoms with Gasteiger partial charge in [-0.2, -0.15) is 4.98 Å². The maximum atomic E-state index is 12.8. The molecule has 0 radical (unpaired) electrons. The summed E-state index contributed by atoms with van der Waals surface area (Å²) < 4.78 is 5.84. The van der Waals surface area contributed by atoms with E-state index < -0.39 is 0 Å². The third-order valence-electron chi connectivity index (χ3n) is 5.48. The molecule has 3 aromatic rings. The van der Waals surface area contributed by atoms with Crippen molar-refractivity contribution in [3.63, 3.8) is 0 Å². The van der Waals surface area contributed by atoms with Gasteiger partial charge < -0.3 is 20.0 Å². The predicted octanol–water partition coefficient (Wildman–Crippen LogP) is 3.35. The van der Waals surface area contributed by atoms with Gasteiger partial charge in [0.2, 0.25) is 5.91 Å². The highest BCUT2D eigenvalue weighted by Gasteiger charge is 2.27. The molecule has 1 aliphatic heterocycles. The van der Waals surface area contributed by atoms with Crippen molar-refractivity contribution >= 4 is 34.6 Å². The molecular formula is C22H24N4O3. The average Bonchev–Trinajstić information content (AvgIpc) is 3.19. The summed E-state index contributed by atoms with van der Waals surface area (Å²) in [6.45, 7) is 3.26. The number of benzene rings is 2. The van der Waals surface area contributed by atoms with Crippen LogP contribution in [0.1, 0.15) is 28.8 Å². The molecule has 7 nitrogen and oxygen atoms in total. The van der Waals surface area contributed by atoms with Crippen LogP contribution in [0.15, 0.2) is 46.9 Å². The van der Waals surface area contributed by atoms with Gasteiger partial charge >= 0.3 is 0 Å². The number of aromatic nitrogens is 1. The zero-order valence-electron chi connectivity index (χ0n) is 16.6. The molecule has 1 fully saturated rings. The van der Waals surface area contributed by atoms with E-state index in [1.807, 2.05) is 37.3 Å². The Bertz CT molecular complexity index is 1020. The fourth-order valence-corrected chi connectivity index (χ4v) is 3.71. The largest absolute Gasteiger partial charge is 0.423 e. The quantitative estimate of drug-likeness (QED) is 0.711. The number of carbonyl (C=O) groups excluding carboxylic acids is 2. The van der Waals surface area contributed by atoms with Crippen molar-refractivity contribution in [3.8, 4) is 0 Å². The molecule has 2 amide bonds. The first kappa shape index (κ1) is 19.0. The van der Waals surface area contributed by atoms with Crippen LogP contribution in [0.3, 0.4) is 0 Å².